The third kappa shape index (κ3) is 3.45. The second-order valence-electron chi connectivity index (χ2n) is 3.45. The number of halogens is 5. The van der Waals surface area contributed by atoms with E-state index in [1.54, 1.807) is 0 Å². The molecule has 0 aliphatic heterocycles. The van der Waals surface area contributed by atoms with Crippen molar-refractivity contribution < 1.29 is 8.78 Å². The van der Waals surface area contributed by atoms with Gasteiger partial charge in [-0.2, -0.15) is 0 Å². The zero-order chi connectivity index (χ0) is 14.0. The van der Waals surface area contributed by atoms with Crippen LogP contribution < -0.4 is 5.32 Å². The summed E-state index contributed by atoms with van der Waals surface area (Å²) in [6, 6.07) is 0. The van der Waals surface area contributed by atoms with E-state index in [9.17, 15) is 8.78 Å². The van der Waals surface area contributed by atoms with Crippen molar-refractivity contribution in [2.24, 2.45) is 0 Å². The van der Waals surface area contributed by atoms with E-state index in [-0.39, 0.29) is 32.6 Å². The van der Waals surface area contributed by atoms with Crippen molar-refractivity contribution >= 4 is 51.8 Å². The van der Waals surface area contributed by atoms with E-state index in [0.29, 0.717) is 5.56 Å². The molecule has 2 heterocycles. The molecule has 0 saturated heterocycles. The lowest BCUT2D eigenvalue weighted by molar-refractivity contribution is 0.152. The Morgan fingerprint density at radius 1 is 1.32 bits per heavy atom. The average Bonchev–Trinajstić information content (AvgIpc) is 2.70. The Labute approximate surface area is 126 Å². The van der Waals surface area contributed by atoms with Gasteiger partial charge in [-0.15, -0.1) is 11.3 Å². The number of nitrogens with one attached hydrogen (secondary N) is 1. The van der Waals surface area contributed by atoms with Crippen LogP contribution in [-0.2, 0) is 6.54 Å². The minimum atomic E-state index is -2.59. The molecule has 0 bridgehead atoms. The van der Waals surface area contributed by atoms with Gasteiger partial charge in [0.25, 0.3) is 6.43 Å². The van der Waals surface area contributed by atoms with Crippen molar-refractivity contribution in [1.82, 2.24) is 9.97 Å². The Hall–Kier alpha value is -0.690. The van der Waals surface area contributed by atoms with Gasteiger partial charge in [0.15, 0.2) is 0 Å². The number of alkyl halides is 2. The fourth-order valence-electron chi connectivity index (χ4n) is 1.35. The molecule has 0 aliphatic carbocycles. The van der Waals surface area contributed by atoms with Gasteiger partial charge in [0.2, 0.25) is 5.28 Å². The summed E-state index contributed by atoms with van der Waals surface area (Å²) in [7, 11) is 0. The number of thiophene rings is 1. The molecule has 3 nitrogen and oxygen atoms in total. The zero-order valence-electron chi connectivity index (χ0n) is 9.13. The molecule has 0 fully saturated rings. The summed E-state index contributed by atoms with van der Waals surface area (Å²) >= 11 is 18.3. The zero-order valence-corrected chi connectivity index (χ0v) is 12.2. The summed E-state index contributed by atoms with van der Waals surface area (Å²) in [6.07, 6.45) is -1.17. The summed E-state index contributed by atoms with van der Waals surface area (Å²) < 4.78 is 25.7. The summed E-state index contributed by atoms with van der Waals surface area (Å²) in [6.45, 7) is 0.173. The number of hydrogen-bond donors (Lipinski definition) is 1. The van der Waals surface area contributed by atoms with Crippen LogP contribution in [-0.4, -0.2) is 9.97 Å². The molecule has 2 rings (SSSR count). The topological polar surface area (TPSA) is 37.8 Å². The SMILES string of the molecule is FC(F)c1csc(Cl)c1NCc1cnc(Cl)nc1Cl. The minimum Gasteiger partial charge on any atom is -0.378 e. The largest absolute Gasteiger partial charge is 0.378 e. The molecule has 0 aliphatic rings. The van der Waals surface area contributed by atoms with Crippen LogP contribution in [0.25, 0.3) is 0 Å². The first-order valence-electron chi connectivity index (χ1n) is 4.95. The second kappa shape index (κ2) is 6.17. The first-order chi connectivity index (χ1) is 8.99. The highest BCUT2D eigenvalue weighted by Crippen LogP contribution is 2.38. The molecule has 0 atom stereocenters. The van der Waals surface area contributed by atoms with Gasteiger partial charge in [-0.1, -0.05) is 23.2 Å². The van der Waals surface area contributed by atoms with Crippen molar-refractivity contribution in [2.75, 3.05) is 5.32 Å². The molecule has 0 aromatic carbocycles. The Bertz CT molecular complexity index is 591. The lowest BCUT2D eigenvalue weighted by atomic mass is 10.3. The predicted octanol–water partition coefficient (Wildman–Crippen LogP) is 5.05. The quantitative estimate of drug-likeness (QED) is 0.623. The second-order valence-corrected chi connectivity index (χ2v) is 5.63. The normalized spacial score (nSPS) is 11.1. The number of rotatable bonds is 4. The fourth-order valence-corrected chi connectivity index (χ4v) is 2.79. The van der Waals surface area contributed by atoms with Gasteiger partial charge >= 0.3 is 0 Å². The number of anilines is 1. The van der Waals surface area contributed by atoms with Crippen molar-refractivity contribution in [3.8, 4) is 0 Å². The molecule has 0 spiro atoms. The van der Waals surface area contributed by atoms with Crippen molar-refractivity contribution in [2.45, 2.75) is 13.0 Å². The maximum absolute atomic E-state index is 12.7. The maximum atomic E-state index is 12.7. The van der Waals surface area contributed by atoms with E-state index in [2.05, 4.69) is 15.3 Å². The van der Waals surface area contributed by atoms with Gasteiger partial charge in [0.05, 0.1) is 11.3 Å². The van der Waals surface area contributed by atoms with Crippen LogP contribution in [0, 0.1) is 0 Å². The third-order valence-corrected chi connectivity index (χ3v) is 4.00. The predicted molar refractivity (Wildman–Crippen MR) is 73.7 cm³/mol. The van der Waals surface area contributed by atoms with Crippen molar-refractivity contribution in [3.63, 3.8) is 0 Å². The number of nitrogens with zero attached hydrogens (tertiary/aromatic N) is 2. The van der Waals surface area contributed by atoms with Crippen LogP contribution in [0.5, 0.6) is 0 Å². The monoisotopic (exact) mass is 343 g/mol. The molecule has 2 aromatic heterocycles. The molecule has 0 radical (unpaired) electrons. The van der Waals surface area contributed by atoms with Gasteiger partial charge in [0.1, 0.15) is 9.49 Å². The molecular formula is C10H6Cl3F2N3S. The van der Waals surface area contributed by atoms with Crippen LogP contribution in [0.1, 0.15) is 17.6 Å². The summed E-state index contributed by atoms with van der Waals surface area (Å²) in [5.74, 6) is 0. The number of hydrogen-bond acceptors (Lipinski definition) is 4. The molecular weight excluding hydrogens is 339 g/mol. The molecule has 2 aromatic rings. The standard InChI is InChI=1S/C10H6Cl3F2N3S/c11-7-4(2-17-10(13)18-7)1-16-6-5(9(14)15)3-19-8(6)12/h2-3,9,16H,1H2. The highest BCUT2D eigenvalue weighted by molar-refractivity contribution is 7.15. The highest BCUT2D eigenvalue weighted by atomic mass is 35.5. The van der Waals surface area contributed by atoms with Gasteiger partial charge in [-0.05, 0) is 11.6 Å². The molecule has 0 amide bonds. The molecule has 19 heavy (non-hydrogen) atoms. The van der Waals surface area contributed by atoms with Gasteiger partial charge in [-0.25, -0.2) is 18.7 Å². The van der Waals surface area contributed by atoms with Gasteiger partial charge in [-0.3, -0.25) is 0 Å². The fraction of sp³-hybridized carbons (Fsp3) is 0.200. The van der Waals surface area contributed by atoms with E-state index in [4.69, 9.17) is 34.8 Å². The summed E-state index contributed by atoms with van der Waals surface area (Å²) in [5, 5.41) is 4.31. The molecule has 0 unspecified atom stereocenters. The molecule has 1 N–H and O–H groups in total. The lowest BCUT2D eigenvalue weighted by Crippen LogP contribution is -2.03. The van der Waals surface area contributed by atoms with E-state index >= 15 is 0 Å². The average molecular weight is 345 g/mol. The van der Waals surface area contributed by atoms with Crippen LogP contribution in [0.15, 0.2) is 11.6 Å². The Morgan fingerprint density at radius 2 is 2.05 bits per heavy atom. The molecule has 9 heteroatoms. The van der Waals surface area contributed by atoms with Crippen LogP contribution in [0.3, 0.4) is 0 Å². The Morgan fingerprint density at radius 3 is 2.68 bits per heavy atom. The minimum absolute atomic E-state index is 0.0237. The first kappa shape index (κ1) is 14.7. The van der Waals surface area contributed by atoms with Crippen LogP contribution in [0.2, 0.25) is 14.8 Å². The van der Waals surface area contributed by atoms with E-state index in [1.807, 2.05) is 0 Å². The summed E-state index contributed by atoms with van der Waals surface area (Å²) in [4.78, 5) is 7.53. The Balaban J connectivity index is 2.16. The van der Waals surface area contributed by atoms with E-state index in [0.717, 1.165) is 11.3 Å². The third-order valence-electron chi connectivity index (χ3n) is 2.25. The van der Waals surface area contributed by atoms with Crippen molar-refractivity contribution in [3.05, 3.63) is 37.5 Å². The highest BCUT2D eigenvalue weighted by Gasteiger charge is 2.18. The van der Waals surface area contributed by atoms with Crippen LogP contribution in [0.4, 0.5) is 14.5 Å². The van der Waals surface area contributed by atoms with E-state index < -0.39 is 6.43 Å². The van der Waals surface area contributed by atoms with Gasteiger partial charge in [0, 0.05) is 23.7 Å². The molecule has 102 valence electrons. The number of aromatic nitrogens is 2. The van der Waals surface area contributed by atoms with Crippen LogP contribution >= 0.6 is 46.1 Å². The summed E-state index contributed by atoms with van der Waals surface area (Å²) in [5.41, 5.74) is 0.599. The maximum Gasteiger partial charge on any atom is 0.266 e. The Kier molecular flexibility index (Phi) is 4.78. The van der Waals surface area contributed by atoms with Crippen molar-refractivity contribution in [1.29, 1.82) is 0 Å². The molecule has 0 saturated carbocycles. The lowest BCUT2D eigenvalue weighted by Gasteiger charge is -2.09. The first-order valence-corrected chi connectivity index (χ1v) is 6.96. The smallest absolute Gasteiger partial charge is 0.266 e. The van der Waals surface area contributed by atoms with E-state index in [1.165, 1.54) is 11.6 Å². The van der Waals surface area contributed by atoms with Gasteiger partial charge < -0.3 is 5.32 Å².